The smallest absolute Gasteiger partial charge is 0.107 e. The van der Waals surface area contributed by atoms with Gasteiger partial charge in [0.15, 0.2) is 0 Å². The molecule has 0 spiro atoms. The van der Waals surface area contributed by atoms with Crippen molar-refractivity contribution in [3.63, 3.8) is 0 Å². The minimum Gasteiger partial charge on any atom is -0.378 e. The van der Waals surface area contributed by atoms with Crippen molar-refractivity contribution in [2.24, 2.45) is 0 Å². The topological polar surface area (TPSA) is 23.5 Å². The van der Waals surface area contributed by atoms with Crippen molar-refractivity contribution < 1.29 is 5.11 Å². The second-order valence-electron chi connectivity index (χ2n) is 5.49. The Morgan fingerprint density at radius 3 is 2.00 bits per heavy atom. The molecule has 102 valence electrons. The van der Waals surface area contributed by atoms with Crippen LogP contribution >= 0.6 is 0 Å². The summed E-state index contributed by atoms with van der Waals surface area (Å²) in [5, 5.41) is 9.95. The Kier molecular flexibility index (Phi) is 8.72. The summed E-state index contributed by atoms with van der Waals surface area (Å²) in [6.07, 6.45) is 14.2. The van der Waals surface area contributed by atoms with Crippen LogP contribution in [0, 0.1) is 0 Å². The number of aliphatic hydroxyl groups excluding tert-OH is 1. The Labute approximate surface area is 107 Å². The van der Waals surface area contributed by atoms with E-state index in [0.717, 1.165) is 19.5 Å². The lowest BCUT2D eigenvalue weighted by Crippen LogP contribution is -2.32. The zero-order chi connectivity index (χ0) is 12.3. The van der Waals surface area contributed by atoms with Crippen LogP contribution in [-0.4, -0.2) is 29.3 Å². The van der Waals surface area contributed by atoms with E-state index < -0.39 is 0 Å². The number of hydrogen-bond acceptors (Lipinski definition) is 2. The summed E-state index contributed by atoms with van der Waals surface area (Å²) in [7, 11) is 0. The van der Waals surface area contributed by atoms with Gasteiger partial charge in [0, 0.05) is 13.1 Å². The lowest BCUT2D eigenvalue weighted by atomic mass is 10.1. The van der Waals surface area contributed by atoms with Crippen LogP contribution in [-0.2, 0) is 0 Å². The molecule has 1 atom stereocenters. The second-order valence-corrected chi connectivity index (χ2v) is 5.49. The molecule has 1 fully saturated rings. The van der Waals surface area contributed by atoms with Crippen LogP contribution in [0.15, 0.2) is 0 Å². The highest BCUT2D eigenvalue weighted by Gasteiger charge is 2.18. The van der Waals surface area contributed by atoms with E-state index in [-0.39, 0.29) is 6.23 Å². The van der Waals surface area contributed by atoms with E-state index in [0.29, 0.717) is 0 Å². The highest BCUT2D eigenvalue weighted by molar-refractivity contribution is 4.68. The number of hydrogen-bond donors (Lipinski definition) is 1. The number of rotatable bonds is 10. The van der Waals surface area contributed by atoms with Crippen molar-refractivity contribution in [1.29, 1.82) is 0 Å². The summed E-state index contributed by atoms with van der Waals surface area (Å²) >= 11 is 0. The molecule has 2 nitrogen and oxygen atoms in total. The molecule has 0 bridgehead atoms. The van der Waals surface area contributed by atoms with Gasteiger partial charge in [0.1, 0.15) is 6.23 Å². The minimum atomic E-state index is -0.155. The normalized spacial score (nSPS) is 18.7. The third-order valence-corrected chi connectivity index (χ3v) is 3.88. The van der Waals surface area contributed by atoms with Crippen LogP contribution in [0.4, 0.5) is 0 Å². The first-order chi connectivity index (χ1) is 8.34. The molecule has 0 amide bonds. The largest absolute Gasteiger partial charge is 0.378 e. The standard InChI is InChI=1S/C15H31NO/c1-2-3-4-5-6-7-8-9-12-15(17)16-13-10-11-14-16/h15,17H,2-14H2,1H3. The number of aliphatic hydroxyl groups is 1. The van der Waals surface area contributed by atoms with E-state index in [1.807, 2.05) is 0 Å². The molecule has 1 aliphatic rings. The molecule has 0 radical (unpaired) electrons. The quantitative estimate of drug-likeness (QED) is 0.586. The average Bonchev–Trinajstić information content (AvgIpc) is 2.86. The summed E-state index contributed by atoms with van der Waals surface area (Å²) in [5.74, 6) is 0. The van der Waals surface area contributed by atoms with Crippen LogP contribution < -0.4 is 0 Å². The van der Waals surface area contributed by atoms with E-state index in [4.69, 9.17) is 0 Å². The Morgan fingerprint density at radius 1 is 0.882 bits per heavy atom. The van der Waals surface area contributed by atoms with E-state index in [9.17, 15) is 5.11 Å². The molecule has 0 aromatic heterocycles. The van der Waals surface area contributed by atoms with Gasteiger partial charge in [-0.15, -0.1) is 0 Å². The highest BCUT2D eigenvalue weighted by atomic mass is 16.3. The predicted octanol–water partition coefficient (Wildman–Crippen LogP) is 3.93. The van der Waals surface area contributed by atoms with Gasteiger partial charge in [-0.05, 0) is 25.7 Å². The average molecular weight is 241 g/mol. The molecule has 0 aromatic carbocycles. The fraction of sp³-hybridized carbons (Fsp3) is 1.00. The van der Waals surface area contributed by atoms with Crippen molar-refractivity contribution in [3.8, 4) is 0 Å². The molecular formula is C15H31NO. The SMILES string of the molecule is CCCCCCCCCCC(O)N1CCCC1. The molecule has 1 heterocycles. The molecule has 1 saturated heterocycles. The third-order valence-electron chi connectivity index (χ3n) is 3.88. The zero-order valence-electron chi connectivity index (χ0n) is 11.7. The second kappa shape index (κ2) is 9.90. The van der Waals surface area contributed by atoms with Crippen LogP contribution in [0.5, 0.6) is 0 Å². The number of unbranched alkanes of at least 4 members (excludes halogenated alkanes) is 7. The molecule has 1 aliphatic heterocycles. The Hall–Kier alpha value is -0.0800. The van der Waals surface area contributed by atoms with Crippen LogP contribution in [0.2, 0.25) is 0 Å². The minimum absolute atomic E-state index is 0.155. The Morgan fingerprint density at radius 2 is 1.41 bits per heavy atom. The van der Waals surface area contributed by atoms with Gasteiger partial charge in [0.25, 0.3) is 0 Å². The molecule has 1 rings (SSSR count). The summed E-state index contributed by atoms with van der Waals surface area (Å²) in [6.45, 7) is 4.48. The maximum Gasteiger partial charge on any atom is 0.107 e. The molecule has 0 aromatic rings. The molecule has 2 heteroatoms. The van der Waals surface area contributed by atoms with Gasteiger partial charge in [-0.2, -0.15) is 0 Å². The van der Waals surface area contributed by atoms with E-state index in [2.05, 4.69) is 11.8 Å². The fourth-order valence-corrected chi connectivity index (χ4v) is 2.68. The van der Waals surface area contributed by atoms with Crippen molar-refractivity contribution in [2.75, 3.05) is 13.1 Å². The highest BCUT2D eigenvalue weighted by Crippen LogP contribution is 2.15. The third kappa shape index (κ3) is 7.05. The van der Waals surface area contributed by atoms with Gasteiger partial charge in [0.05, 0.1) is 0 Å². The maximum absolute atomic E-state index is 9.95. The lowest BCUT2D eigenvalue weighted by molar-refractivity contribution is 0.0121. The Bertz CT molecular complexity index is 166. The van der Waals surface area contributed by atoms with Crippen LogP contribution in [0.1, 0.15) is 77.6 Å². The summed E-state index contributed by atoms with van der Waals surface area (Å²) in [5.41, 5.74) is 0. The molecule has 1 N–H and O–H groups in total. The van der Waals surface area contributed by atoms with Crippen molar-refractivity contribution in [2.45, 2.75) is 83.8 Å². The summed E-state index contributed by atoms with van der Waals surface area (Å²) in [6, 6.07) is 0. The first-order valence-corrected chi connectivity index (χ1v) is 7.76. The lowest BCUT2D eigenvalue weighted by Gasteiger charge is -2.22. The maximum atomic E-state index is 9.95. The summed E-state index contributed by atoms with van der Waals surface area (Å²) < 4.78 is 0. The first-order valence-electron chi connectivity index (χ1n) is 7.76. The van der Waals surface area contributed by atoms with Crippen molar-refractivity contribution >= 4 is 0 Å². The molecule has 1 unspecified atom stereocenters. The van der Waals surface area contributed by atoms with Gasteiger partial charge in [0.2, 0.25) is 0 Å². The molecule has 0 aliphatic carbocycles. The van der Waals surface area contributed by atoms with Gasteiger partial charge >= 0.3 is 0 Å². The monoisotopic (exact) mass is 241 g/mol. The Balaban J connectivity index is 1.83. The number of likely N-dealkylation sites (tertiary alicyclic amines) is 1. The van der Waals surface area contributed by atoms with Crippen molar-refractivity contribution in [1.82, 2.24) is 4.90 Å². The summed E-state index contributed by atoms with van der Waals surface area (Å²) in [4.78, 5) is 2.24. The van der Waals surface area contributed by atoms with Gasteiger partial charge in [-0.1, -0.05) is 51.9 Å². The van der Waals surface area contributed by atoms with Crippen molar-refractivity contribution in [3.05, 3.63) is 0 Å². The first kappa shape index (κ1) is 15.0. The molecular weight excluding hydrogens is 210 g/mol. The van der Waals surface area contributed by atoms with Crippen LogP contribution in [0.3, 0.4) is 0 Å². The van der Waals surface area contributed by atoms with Crippen LogP contribution in [0.25, 0.3) is 0 Å². The van der Waals surface area contributed by atoms with E-state index >= 15 is 0 Å². The zero-order valence-corrected chi connectivity index (χ0v) is 11.7. The molecule has 17 heavy (non-hydrogen) atoms. The van der Waals surface area contributed by atoms with Gasteiger partial charge < -0.3 is 5.11 Å². The van der Waals surface area contributed by atoms with E-state index in [1.165, 1.54) is 64.2 Å². The molecule has 0 saturated carbocycles. The van der Waals surface area contributed by atoms with E-state index in [1.54, 1.807) is 0 Å². The van der Waals surface area contributed by atoms with Gasteiger partial charge in [-0.3, -0.25) is 4.90 Å². The number of nitrogens with zero attached hydrogens (tertiary/aromatic N) is 1. The predicted molar refractivity (Wildman–Crippen MR) is 74.0 cm³/mol. The fourth-order valence-electron chi connectivity index (χ4n) is 2.68. The van der Waals surface area contributed by atoms with Gasteiger partial charge in [-0.25, -0.2) is 0 Å².